The zero-order chi connectivity index (χ0) is 27.7. The van der Waals surface area contributed by atoms with E-state index in [2.05, 4.69) is 59.7 Å². The van der Waals surface area contributed by atoms with Crippen molar-refractivity contribution in [2.75, 3.05) is 6.61 Å². The predicted octanol–water partition coefficient (Wildman–Crippen LogP) is 9.55. The quantitative estimate of drug-likeness (QED) is 0.143. The largest absolute Gasteiger partial charge is 0.475 e. The maximum absolute atomic E-state index is 13.6. The number of benzene rings is 3. The molecule has 5 heteroatoms. The lowest BCUT2D eigenvalue weighted by atomic mass is 9.74. The van der Waals surface area contributed by atoms with E-state index in [0.717, 1.165) is 36.8 Å². The van der Waals surface area contributed by atoms with Gasteiger partial charge in [0.1, 0.15) is 0 Å². The van der Waals surface area contributed by atoms with Crippen LogP contribution >= 0.6 is 7.82 Å². The van der Waals surface area contributed by atoms with Gasteiger partial charge < -0.3 is 0 Å². The molecule has 0 heterocycles. The van der Waals surface area contributed by atoms with Crippen molar-refractivity contribution in [3.63, 3.8) is 0 Å². The SMILES string of the molecule is CCC(C)(C)c1ccc(CCCOP(=O)(OCc2ccccc2)OCc2ccccc2)c(C(C)(C)CC)c1. The molecule has 0 aliphatic heterocycles. The fourth-order valence-corrected chi connectivity index (χ4v) is 5.44. The highest BCUT2D eigenvalue weighted by Crippen LogP contribution is 2.51. The number of hydrogen-bond donors (Lipinski definition) is 0. The van der Waals surface area contributed by atoms with E-state index in [1.807, 2.05) is 60.7 Å². The van der Waals surface area contributed by atoms with Gasteiger partial charge in [-0.15, -0.1) is 0 Å². The molecule has 0 unspecified atom stereocenters. The number of phosphoric acid groups is 1. The second kappa shape index (κ2) is 13.7. The Bertz CT molecular complexity index is 1120. The van der Waals surface area contributed by atoms with Gasteiger partial charge in [0.2, 0.25) is 0 Å². The van der Waals surface area contributed by atoms with Crippen molar-refractivity contribution in [2.45, 2.75) is 91.3 Å². The molecular weight excluding hydrogens is 491 g/mol. The molecule has 0 atom stereocenters. The molecule has 3 rings (SSSR count). The van der Waals surface area contributed by atoms with Crippen LogP contribution in [0, 0.1) is 0 Å². The van der Waals surface area contributed by atoms with Crippen LogP contribution in [0.4, 0.5) is 0 Å². The number of hydrogen-bond acceptors (Lipinski definition) is 4. The van der Waals surface area contributed by atoms with Gasteiger partial charge in [0.05, 0.1) is 19.8 Å². The second-order valence-corrected chi connectivity index (χ2v) is 12.9. The Morgan fingerprint density at radius 1 is 0.684 bits per heavy atom. The van der Waals surface area contributed by atoms with Crippen molar-refractivity contribution in [3.8, 4) is 0 Å². The first-order chi connectivity index (χ1) is 18.1. The first-order valence-corrected chi connectivity index (χ1v) is 15.3. The minimum absolute atomic E-state index is 0.0723. The Kier molecular flexibility index (Phi) is 10.9. The van der Waals surface area contributed by atoms with Crippen molar-refractivity contribution in [1.29, 1.82) is 0 Å². The van der Waals surface area contributed by atoms with Gasteiger partial charge in [-0.25, -0.2) is 4.57 Å². The monoisotopic (exact) mass is 536 g/mol. The van der Waals surface area contributed by atoms with E-state index in [1.54, 1.807) is 0 Å². The molecule has 38 heavy (non-hydrogen) atoms. The van der Waals surface area contributed by atoms with Crippen LogP contribution in [0.3, 0.4) is 0 Å². The Morgan fingerprint density at radius 3 is 1.71 bits per heavy atom. The molecule has 0 fully saturated rings. The molecule has 0 bridgehead atoms. The molecule has 4 nitrogen and oxygen atoms in total. The van der Waals surface area contributed by atoms with Gasteiger partial charge in [0, 0.05) is 0 Å². The maximum Gasteiger partial charge on any atom is 0.475 e. The topological polar surface area (TPSA) is 44.8 Å². The number of rotatable bonds is 15. The van der Waals surface area contributed by atoms with Gasteiger partial charge in [-0.3, -0.25) is 13.6 Å². The smallest absolute Gasteiger partial charge is 0.287 e. The van der Waals surface area contributed by atoms with Crippen LogP contribution in [0.15, 0.2) is 78.9 Å². The van der Waals surface area contributed by atoms with Crippen molar-refractivity contribution in [1.82, 2.24) is 0 Å². The summed E-state index contributed by atoms with van der Waals surface area (Å²) in [5, 5.41) is 0. The fourth-order valence-electron chi connectivity index (χ4n) is 4.25. The molecule has 0 aliphatic rings. The maximum atomic E-state index is 13.6. The van der Waals surface area contributed by atoms with Crippen LogP contribution < -0.4 is 0 Å². The van der Waals surface area contributed by atoms with Crippen LogP contribution in [-0.2, 0) is 48.6 Å². The lowest BCUT2D eigenvalue weighted by Gasteiger charge is -2.31. The van der Waals surface area contributed by atoms with E-state index < -0.39 is 7.82 Å². The van der Waals surface area contributed by atoms with Gasteiger partial charge in [-0.05, 0) is 64.3 Å². The minimum Gasteiger partial charge on any atom is -0.287 e. The van der Waals surface area contributed by atoms with Crippen LogP contribution in [0.1, 0.15) is 88.6 Å². The van der Waals surface area contributed by atoms with Crippen LogP contribution in [0.5, 0.6) is 0 Å². The van der Waals surface area contributed by atoms with Gasteiger partial charge in [0.15, 0.2) is 0 Å². The van der Waals surface area contributed by atoms with Crippen molar-refractivity contribution >= 4 is 7.82 Å². The third kappa shape index (κ3) is 8.64. The molecule has 0 spiro atoms. The molecule has 0 aliphatic carbocycles. The molecule has 206 valence electrons. The van der Waals surface area contributed by atoms with E-state index in [4.69, 9.17) is 13.6 Å². The van der Waals surface area contributed by atoms with E-state index >= 15 is 0 Å². The summed E-state index contributed by atoms with van der Waals surface area (Å²) in [6, 6.07) is 26.3. The Hall–Kier alpha value is -2.23. The molecule has 3 aromatic rings. The summed E-state index contributed by atoms with van der Waals surface area (Å²) in [5.41, 5.74) is 6.14. The Morgan fingerprint density at radius 2 is 1.21 bits per heavy atom. The molecule has 0 radical (unpaired) electrons. The van der Waals surface area contributed by atoms with E-state index in [9.17, 15) is 4.57 Å². The van der Waals surface area contributed by atoms with Crippen molar-refractivity contribution in [3.05, 3.63) is 107 Å². The lowest BCUT2D eigenvalue weighted by molar-refractivity contribution is 0.102. The predicted molar refractivity (Wildman–Crippen MR) is 157 cm³/mol. The molecule has 0 aromatic heterocycles. The third-order valence-electron chi connectivity index (χ3n) is 7.69. The molecular formula is C33H45O4P. The zero-order valence-electron chi connectivity index (χ0n) is 24.0. The molecule has 0 N–H and O–H groups in total. The number of phosphoric ester groups is 1. The van der Waals surface area contributed by atoms with Gasteiger partial charge in [0.25, 0.3) is 0 Å². The molecule has 0 saturated carbocycles. The lowest BCUT2D eigenvalue weighted by Crippen LogP contribution is -2.22. The van der Waals surface area contributed by atoms with Crippen LogP contribution in [0.2, 0.25) is 0 Å². The molecule has 3 aromatic carbocycles. The zero-order valence-corrected chi connectivity index (χ0v) is 24.9. The average molecular weight is 537 g/mol. The highest BCUT2D eigenvalue weighted by atomic mass is 31.2. The first kappa shape index (κ1) is 30.3. The average Bonchev–Trinajstić information content (AvgIpc) is 2.94. The summed E-state index contributed by atoms with van der Waals surface area (Å²) in [6.45, 7) is 14.3. The minimum atomic E-state index is -3.76. The summed E-state index contributed by atoms with van der Waals surface area (Å²) >= 11 is 0. The molecule has 0 amide bonds. The normalized spacial score (nSPS) is 12.6. The Labute approximate surface area is 230 Å². The summed E-state index contributed by atoms with van der Waals surface area (Å²) in [7, 11) is -3.76. The van der Waals surface area contributed by atoms with Crippen molar-refractivity contribution < 1.29 is 18.1 Å². The summed E-state index contributed by atoms with van der Waals surface area (Å²) in [4.78, 5) is 0. The second-order valence-electron chi connectivity index (χ2n) is 11.2. The van der Waals surface area contributed by atoms with Crippen molar-refractivity contribution in [2.24, 2.45) is 0 Å². The van der Waals surface area contributed by atoms with Crippen LogP contribution in [0.25, 0.3) is 0 Å². The van der Waals surface area contributed by atoms with Gasteiger partial charge in [-0.2, -0.15) is 0 Å². The highest BCUT2D eigenvalue weighted by molar-refractivity contribution is 7.48. The van der Waals surface area contributed by atoms with Gasteiger partial charge in [-0.1, -0.05) is 120 Å². The van der Waals surface area contributed by atoms with Gasteiger partial charge >= 0.3 is 7.82 Å². The summed E-state index contributed by atoms with van der Waals surface area (Å²) in [5.74, 6) is 0. The van der Waals surface area contributed by atoms with Crippen LogP contribution in [-0.4, -0.2) is 6.61 Å². The first-order valence-electron chi connectivity index (χ1n) is 13.8. The van der Waals surface area contributed by atoms with E-state index in [1.165, 1.54) is 16.7 Å². The fraction of sp³-hybridized carbons (Fsp3) is 0.455. The number of aryl methyl sites for hydroxylation is 1. The summed E-state index contributed by atoms with van der Waals surface area (Å²) in [6.07, 6.45) is 3.70. The third-order valence-corrected chi connectivity index (χ3v) is 9.08. The van der Waals surface area contributed by atoms with E-state index in [0.29, 0.717) is 0 Å². The highest BCUT2D eigenvalue weighted by Gasteiger charge is 2.28. The standard InChI is InChI=1S/C33H45O4P/c1-7-32(3,4)30-22-21-29(31(24-30)33(5,6)8-2)20-15-23-35-38(34,36-25-27-16-11-9-12-17-27)37-26-28-18-13-10-14-19-28/h9-14,16-19,21-22,24H,7-8,15,20,23,25-26H2,1-6H3. The summed E-state index contributed by atoms with van der Waals surface area (Å²) < 4.78 is 30.9. The molecule has 0 saturated heterocycles. The van der Waals surface area contributed by atoms with E-state index in [-0.39, 0.29) is 30.7 Å². The Balaban J connectivity index is 1.69.